The van der Waals surface area contributed by atoms with Gasteiger partial charge in [0.2, 0.25) is 0 Å². The molecule has 0 saturated carbocycles. The van der Waals surface area contributed by atoms with Crippen molar-refractivity contribution < 1.29 is 14.3 Å². The Morgan fingerprint density at radius 1 is 1.19 bits per heavy atom. The van der Waals surface area contributed by atoms with E-state index in [4.69, 9.17) is 4.74 Å². The first-order valence-electron chi connectivity index (χ1n) is 9.17. The Balaban J connectivity index is 1.91. The van der Waals surface area contributed by atoms with Crippen LogP contribution in [-0.2, 0) is 6.42 Å². The highest BCUT2D eigenvalue weighted by molar-refractivity contribution is 5.98. The van der Waals surface area contributed by atoms with E-state index in [1.165, 1.54) is 6.20 Å². The van der Waals surface area contributed by atoms with Crippen LogP contribution in [0.5, 0.6) is 5.75 Å². The second-order valence-electron chi connectivity index (χ2n) is 6.36. The molecule has 1 heterocycles. The van der Waals surface area contributed by atoms with E-state index in [2.05, 4.69) is 17.2 Å². The number of amides is 2. The van der Waals surface area contributed by atoms with E-state index >= 15 is 0 Å². The first-order valence-corrected chi connectivity index (χ1v) is 9.17. The van der Waals surface area contributed by atoms with Gasteiger partial charge < -0.3 is 15.0 Å². The zero-order valence-electron chi connectivity index (χ0n) is 16.2. The van der Waals surface area contributed by atoms with Crippen molar-refractivity contribution in [3.05, 3.63) is 59.4 Å². The van der Waals surface area contributed by atoms with Crippen LogP contribution in [0.1, 0.15) is 46.2 Å². The van der Waals surface area contributed by atoms with Gasteiger partial charge in [-0.2, -0.15) is 0 Å². The zero-order chi connectivity index (χ0) is 19.6. The van der Waals surface area contributed by atoms with E-state index in [0.717, 1.165) is 24.2 Å². The van der Waals surface area contributed by atoms with Crippen molar-refractivity contribution in [2.24, 2.45) is 0 Å². The molecule has 0 bridgehead atoms. The summed E-state index contributed by atoms with van der Waals surface area (Å²) in [5.74, 6) is 0.424. The van der Waals surface area contributed by atoms with Gasteiger partial charge in [-0.3, -0.25) is 14.6 Å². The third kappa shape index (κ3) is 6.09. The largest absolute Gasteiger partial charge is 0.497 e. The number of unbranched alkanes of at least 4 members (excludes halogenated alkanes) is 1. The Morgan fingerprint density at radius 2 is 1.93 bits per heavy atom. The number of aromatic nitrogens is 1. The lowest BCUT2D eigenvalue weighted by Gasteiger charge is -2.16. The fraction of sp³-hybridized carbons (Fsp3) is 0.381. The van der Waals surface area contributed by atoms with Crippen LogP contribution in [0.25, 0.3) is 0 Å². The third-order valence-corrected chi connectivity index (χ3v) is 4.29. The lowest BCUT2D eigenvalue weighted by Crippen LogP contribution is -2.29. The highest BCUT2D eigenvalue weighted by Crippen LogP contribution is 2.11. The minimum Gasteiger partial charge on any atom is -0.497 e. The Bertz CT molecular complexity index is 760. The average molecular weight is 369 g/mol. The molecule has 2 amide bonds. The van der Waals surface area contributed by atoms with Crippen molar-refractivity contribution in [1.82, 2.24) is 15.2 Å². The van der Waals surface area contributed by atoms with Crippen LogP contribution in [0.4, 0.5) is 0 Å². The molecule has 1 aromatic carbocycles. The number of ether oxygens (including phenoxy) is 1. The number of methoxy groups -OCH3 is 1. The van der Waals surface area contributed by atoms with Crippen LogP contribution in [-0.4, -0.2) is 48.9 Å². The molecule has 27 heavy (non-hydrogen) atoms. The monoisotopic (exact) mass is 369 g/mol. The van der Waals surface area contributed by atoms with Crippen LogP contribution in [0.2, 0.25) is 0 Å². The molecule has 0 radical (unpaired) electrons. The summed E-state index contributed by atoms with van der Waals surface area (Å²) in [4.78, 5) is 30.5. The number of carbonyl (C=O) groups excluding carboxylic acids is 2. The minimum absolute atomic E-state index is 0.170. The van der Waals surface area contributed by atoms with Crippen LogP contribution in [0, 0.1) is 0 Å². The maximum absolute atomic E-state index is 12.4. The van der Waals surface area contributed by atoms with Gasteiger partial charge in [-0.1, -0.05) is 25.5 Å². The van der Waals surface area contributed by atoms with Gasteiger partial charge in [0.15, 0.2) is 0 Å². The Labute approximate surface area is 160 Å². The summed E-state index contributed by atoms with van der Waals surface area (Å²) >= 11 is 0. The lowest BCUT2D eigenvalue weighted by atomic mass is 10.1. The lowest BCUT2D eigenvalue weighted by molar-refractivity contribution is 0.0787. The Kier molecular flexibility index (Phi) is 7.79. The standard InChI is InChI=1S/C21H27N3O3/c1-4-5-14-24(2)21(26)19-15-17(11-13-22-19)20(25)23-12-10-16-6-8-18(27-3)9-7-16/h6-9,11,13,15H,4-5,10,12,14H2,1-3H3,(H,23,25). The van der Waals surface area contributed by atoms with Gasteiger partial charge in [0.1, 0.15) is 11.4 Å². The molecule has 0 aliphatic heterocycles. The molecule has 0 saturated heterocycles. The SMILES string of the molecule is CCCCN(C)C(=O)c1cc(C(=O)NCCc2ccc(OC)cc2)ccn1. The smallest absolute Gasteiger partial charge is 0.272 e. The quantitative estimate of drug-likeness (QED) is 0.738. The molecular weight excluding hydrogens is 342 g/mol. The van der Waals surface area contributed by atoms with Gasteiger partial charge in [-0.05, 0) is 42.7 Å². The van der Waals surface area contributed by atoms with Crippen molar-refractivity contribution >= 4 is 11.8 Å². The second-order valence-corrected chi connectivity index (χ2v) is 6.36. The number of benzene rings is 1. The molecule has 144 valence electrons. The molecule has 0 unspecified atom stereocenters. The van der Waals surface area contributed by atoms with Crippen LogP contribution >= 0.6 is 0 Å². The number of nitrogens with zero attached hydrogens (tertiary/aromatic N) is 2. The Hall–Kier alpha value is -2.89. The zero-order valence-corrected chi connectivity index (χ0v) is 16.2. The number of hydrogen-bond acceptors (Lipinski definition) is 4. The number of nitrogens with one attached hydrogen (secondary N) is 1. The van der Waals surface area contributed by atoms with Gasteiger partial charge in [0.05, 0.1) is 7.11 Å². The molecule has 6 heteroatoms. The molecule has 2 aromatic rings. The number of carbonyl (C=O) groups is 2. The van der Waals surface area contributed by atoms with Crippen LogP contribution in [0.3, 0.4) is 0 Å². The molecule has 0 spiro atoms. The highest BCUT2D eigenvalue weighted by atomic mass is 16.5. The molecule has 1 aromatic heterocycles. The number of pyridine rings is 1. The van der Waals surface area contributed by atoms with E-state index in [0.29, 0.717) is 25.1 Å². The van der Waals surface area contributed by atoms with Gasteiger partial charge in [0, 0.05) is 31.9 Å². The molecule has 0 aliphatic rings. The van der Waals surface area contributed by atoms with Gasteiger partial charge >= 0.3 is 0 Å². The predicted octanol–water partition coefficient (Wildman–Crippen LogP) is 2.93. The molecule has 0 fully saturated rings. The summed E-state index contributed by atoms with van der Waals surface area (Å²) in [7, 11) is 3.38. The van der Waals surface area contributed by atoms with E-state index in [9.17, 15) is 9.59 Å². The average Bonchev–Trinajstić information content (AvgIpc) is 2.71. The van der Waals surface area contributed by atoms with Crippen molar-refractivity contribution in [3.63, 3.8) is 0 Å². The first-order chi connectivity index (χ1) is 13.0. The summed E-state index contributed by atoms with van der Waals surface area (Å²) in [5.41, 5.74) is 1.84. The van der Waals surface area contributed by atoms with Crippen molar-refractivity contribution in [1.29, 1.82) is 0 Å². The van der Waals surface area contributed by atoms with Gasteiger partial charge in [-0.15, -0.1) is 0 Å². The third-order valence-electron chi connectivity index (χ3n) is 4.29. The van der Waals surface area contributed by atoms with Crippen LogP contribution in [0.15, 0.2) is 42.6 Å². The molecule has 0 aliphatic carbocycles. The highest BCUT2D eigenvalue weighted by Gasteiger charge is 2.15. The van der Waals surface area contributed by atoms with Crippen molar-refractivity contribution in [3.8, 4) is 5.75 Å². The van der Waals surface area contributed by atoms with E-state index in [1.807, 2.05) is 24.3 Å². The molecule has 2 rings (SSSR count). The van der Waals surface area contributed by atoms with Gasteiger partial charge in [-0.25, -0.2) is 0 Å². The second kappa shape index (κ2) is 10.3. The van der Waals surface area contributed by atoms with Crippen LogP contribution < -0.4 is 10.1 Å². The summed E-state index contributed by atoms with van der Waals surface area (Å²) in [6.07, 6.45) is 4.17. The maximum Gasteiger partial charge on any atom is 0.272 e. The molecule has 0 atom stereocenters. The summed E-state index contributed by atoms with van der Waals surface area (Å²) in [5, 5.41) is 2.88. The topological polar surface area (TPSA) is 71.5 Å². The van der Waals surface area contributed by atoms with E-state index < -0.39 is 0 Å². The minimum atomic E-state index is -0.212. The fourth-order valence-corrected chi connectivity index (χ4v) is 2.60. The molecular formula is C21H27N3O3. The Morgan fingerprint density at radius 3 is 2.59 bits per heavy atom. The summed E-state index contributed by atoms with van der Waals surface area (Å²) in [6.45, 7) is 3.26. The van der Waals surface area contributed by atoms with E-state index in [1.54, 1.807) is 31.2 Å². The van der Waals surface area contributed by atoms with Crippen molar-refractivity contribution in [2.75, 3.05) is 27.2 Å². The van der Waals surface area contributed by atoms with E-state index in [-0.39, 0.29) is 17.5 Å². The molecule has 1 N–H and O–H groups in total. The molecule has 6 nitrogen and oxygen atoms in total. The van der Waals surface area contributed by atoms with Gasteiger partial charge in [0.25, 0.3) is 11.8 Å². The maximum atomic E-state index is 12.4. The first kappa shape index (κ1) is 20.4. The predicted molar refractivity (Wildman–Crippen MR) is 105 cm³/mol. The number of rotatable bonds is 9. The normalized spacial score (nSPS) is 10.3. The number of hydrogen-bond donors (Lipinski definition) is 1. The summed E-state index contributed by atoms with van der Waals surface area (Å²) < 4.78 is 5.13. The van der Waals surface area contributed by atoms with Crippen molar-refractivity contribution in [2.45, 2.75) is 26.2 Å². The fourth-order valence-electron chi connectivity index (χ4n) is 2.60. The summed E-state index contributed by atoms with van der Waals surface area (Å²) in [6, 6.07) is 10.9.